The number of carbonyl (C=O) groups is 1. The number of aromatic carboxylic acids is 1. The number of ether oxygens (including phenoxy) is 1. The van der Waals surface area contributed by atoms with Crippen LogP contribution in [0.2, 0.25) is 0 Å². The molecule has 1 fully saturated rings. The molecule has 1 aliphatic heterocycles. The van der Waals surface area contributed by atoms with Crippen molar-refractivity contribution < 1.29 is 14.6 Å². The van der Waals surface area contributed by atoms with Gasteiger partial charge < -0.3 is 19.7 Å². The van der Waals surface area contributed by atoms with Crippen LogP contribution in [0.4, 0.5) is 5.69 Å². The van der Waals surface area contributed by atoms with E-state index in [1.54, 1.807) is 7.11 Å². The molecule has 0 amide bonds. The van der Waals surface area contributed by atoms with Gasteiger partial charge in [-0.2, -0.15) is 0 Å². The number of nitrogens with zero attached hydrogens (tertiary/aromatic N) is 1. The van der Waals surface area contributed by atoms with Crippen molar-refractivity contribution in [2.75, 3.05) is 18.6 Å². The molecule has 2 heterocycles. The smallest absolute Gasteiger partial charge is 0.341 e. The Kier molecular flexibility index (Phi) is 4.90. The Hall–Kier alpha value is -2.60. The van der Waals surface area contributed by atoms with Crippen LogP contribution in [0.25, 0.3) is 11.3 Å². The maximum absolute atomic E-state index is 12.0. The molecule has 1 atom stereocenters. The van der Waals surface area contributed by atoms with Gasteiger partial charge in [-0.1, -0.05) is 19.1 Å². The lowest BCUT2D eigenvalue weighted by Gasteiger charge is -2.25. The van der Waals surface area contributed by atoms with E-state index in [1.165, 1.54) is 6.07 Å². The standard InChI is InChI=1S/C19H22N2O4/c1-3-12-11-15(19(23)24)18(22)20-17(12)13-6-8-14(9-7-13)21-10-4-5-16(21)25-2/h6-9,11,16H,3-5,10H2,1-2H3,(H,20,22)(H,23,24)/t16-/m0/s1. The lowest BCUT2D eigenvalue weighted by atomic mass is 10.0. The van der Waals surface area contributed by atoms with Crippen LogP contribution in [0.3, 0.4) is 0 Å². The van der Waals surface area contributed by atoms with Crippen LogP contribution in [-0.4, -0.2) is 35.9 Å². The number of aromatic nitrogens is 1. The van der Waals surface area contributed by atoms with Crippen LogP contribution in [0, 0.1) is 0 Å². The fraction of sp³-hybridized carbons (Fsp3) is 0.368. The normalized spacial score (nSPS) is 17.0. The number of aromatic amines is 1. The van der Waals surface area contributed by atoms with Crippen molar-refractivity contribution in [3.63, 3.8) is 0 Å². The highest BCUT2D eigenvalue weighted by Gasteiger charge is 2.24. The molecule has 0 bridgehead atoms. The Balaban J connectivity index is 1.96. The van der Waals surface area contributed by atoms with Crippen molar-refractivity contribution in [1.82, 2.24) is 4.98 Å². The maximum atomic E-state index is 12.0. The Morgan fingerprint density at radius 3 is 2.68 bits per heavy atom. The first-order valence-corrected chi connectivity index (χ1v) is 8.44. The molecule has 0 saturated carbocycles. The van der Waals surface area contributed by atoms with Gasteiger partial charge in [-0.25, -0.2) is 4.79 Å². The molecule has 25 heavy (non-hydrogen) atoms. The molecule has 6 nitrogen and oxygen atoms in total. The summed E-state index contributed by atoms with van der Waals surface area (Å²) < 4.78 is 5.50. The van der Waals surface area contributed by atoms with E-state index in [-0.39, 0.29) is 11.8 Å². The third kappa shape index (κ3) is 3.30. The monoisotopic (exact) mass is 342 g/mol. The Labute approximate surface area is 146 Å². The lowest BCUT2D eigenvalue weighted by molar-refractivity contribution is 0.0695. The summed E-state index contributed by atoms with van der Waals surface area (Å²) in [7, 11) is 1.72. The molecule has 2 N–H and O–H groups in total. The maximum Gasteiger partial charge on any atom is 0.341 e. The zero-order chi connectivity index (χ0) is 18.0. The Bertz CT molecular complexity index is 826. The first-order valence-electron chi connectivity index (χ1n) is 8.44. The molecule has 1 aromatic heterocycles. The van der Waals surface area contributed by atoms with Crippen LogP contribution in [0.1, 0.15) is 35.7 Å². The highest BCUT2D eigenvalue weighted by Crippen LogP contribution is 2.29. The van der Waals surface area contributed by atoms with Gasteiger partial charge in [-0.05, 0) is 48.6 Å². The summed E-state index contributed by atoms with van der Waals surface area (Å²) in [6, 6.07) is 9.38. The van der Waals surface area contributed by atoms with Crippen molar-refractivity contribution in [1.29, 1.82) is 0 Å². The SMILES string of the molecule is CCc1cc(C(=O)O)c(=O)[nH]c1-c1ccc(N2CCC[C@@H]2OC)cc1. The molecule has 1 saturated heterocycles. The minimum absolute atomic E-state index is 0.103. The van der Waals surface area contributed by atoms with Gasteiger partial charge >= 0.3 is 5.97 Å². The number of anilines is 1. The number of aryl methyl sites for hydroxylation is 1. The van der Waals surface area contributed by atoms with Crippen LogP contribution >= 0.6 is 0 Å². The van der Waals surface area contributed by atoms with Crippen LogP contribution in [0.15, 0.2) is 35.1 Å². The summed E-state index contributed by atoms with van der Waals surface area (Å²) in [4.78, 5) is 28.1. The zero-order valence-electron chi connectivity index (χ0n) is 14.4. The number of carboxylic acid groups (broad SMARTS) is 1. The second kappa shape index (κ2) is 7.11. The molecule has 6 heteroatoms. The van der Waals surface area contributed by atoms with E-state index >= 15 is 0 Å². The van der Waals surface area contributed by atoms with Gasteiger partial charge in [0.05, 0.1) is 5.69 Å². The molecule has 0 aliphatic carbocycles. The van der Waals surface area contributed by atoms with E-state index in [0.29, 0.717) is 12.1 Å². The van der Waals surface area contributed by atoms with Gasteiger partial charge in [-0.15, -0.1) is 0 Å². The van der Waals surface area contributed by atoms with Crippen molar-refractivity contribution in [2.45, 2.75) is 32.4 Å². The molecule has 0 radical (unpaired) electrons. The van der Waals surface area contributed by atoms with E-state index in [0.717, 1.165) is 36.2 Å². The molecule has 1 aliphatic rings. The summed E-state index contributed by atoms with van der Waals surface area (Å²) >= 11 is 0. The molecular weight excluding hydrogens is 320 g/mol. The van der Waals surface area contributed by atoms with Crippen molar-refractivity contribution >= 4 is 11.7 Å². The Morgan fingerprint density at radius 2 is 2.08 bits per heavy atom. The summed E-state index contributed by atoms with van der Waals surface area (Å²) in [5.41, 5.74) is 2.62. The zero-order valence-corrected chi connectivity index (χ0v) is 14.4. The van der Waals surface area contributed by atoms with Gasteiger partial charge in [0.25, 0.3) is 5.56 Å². The summed E-state index contributed by atoms with van der Waals surface area (Å²) in [6.07, 6.45) is 2.85. The van der Waals surface area contributed by atoms with Gasteiger partial charge in [0.2, 0.25) is 0 Å². The average molecular weight is 342 g/mol. The van der Waals surface area contributed by atoms with Crippen LogP contribution in [-0.2, 0) is 11.2 Å². The first kappa shape index (κ1) is 17.2. The van der Waals surface area contributed by atoms with Crippen molar-refractivity contribution in [2.24, 2.45) is 0 Å². The highest BCUT2D eigenvalue weighted by molar-refractivity contribution is 5.88. The summed E-state index contributed by atoms with van der Waals surface area (Å²) in [6.45, 7) is 2.90. The average Bonchev–Trinajstić information content (AvgIpc) is 3.10. The number of carboxylic acids is 1. The second-order valence-electron chi connectivity index (χ2n) is 6.14. The van der Waals surface area contributed by atoms with Gasteiger partial charge in [0.15, 0.2) is 0 Å². The van der Waals surface area contributed by atoms with Gasteiger partial charge in [0.1, 0.15) is 11.8 Å². The number of pyridine rings is 1. The molecule has 2 aromatic rings. The Morgan fingerprint density at radius 1 is 1.36 bits per heavy atom. The number of hydrogen-bond acceptors (Lipinski definition) is 4. The molecule has 0 spiro atoms. The molecule has 0 unspecified atom stereocenters. The van der Waals surface area contributed by atoms with E-state index in [1.807, 2.05) is 31.2 Å². The van der Waals surface area contributed by atoms with E-state index in [4.69, 9.17) is 9.84 Å². The largest absolute Gasteiger partial charge is 0.477 e. The van der Waals surface area contributed by atoms with Crippen LogP contribution in [0.5, 0.6) is 0 Å². The number of H-pyrrole nitrogens is 1. The highest BCUT2D eigenvalue weighted by atomic mass is 16.5. The van der Waals surface area contributed by atoms with E-state index in [2.05, 4.69) is 9.88 Å². The molecule has 1 aromatic carbocycles. The quantitative estimate of drug-likeness (QED) is 0.873. The predicted molar refractivity (Wildman–Crippen MR) is 96.2 cm³/mol. The fourth-order valence-corrected chi connectivity index (χ4v) is 3.36. The third-order valence-corrected chi connectivity index (χ3v) is 4.69. The number of nitrogens with one attached hydrogen (secondary N) is 1. The minimum Gasteiger partial charge on any atom is -0.477 e. The number of hydrogen-bond donors (Lipinski definition) is 2. The molecule has 3 rings (SSSR count). The van der Waals surface area contributed by atoms with E-state index < -0.39 is 11.5 Å². The minimum atomic E-state index is -1.21. The lowest BCUT2D eigenvalue weighted by Crippen LogP contribution is -2.30. The fourth-order valence-electron chi connectivity index (χ4n) is 3.36. The topological polar surface area (TPSA) is 82.6 Å². The second-order valence-corrected chi connectivity index (χ2v) is 6.14. The molecule has 132 valence electrons. The number of benzene rings is 1. The summed E-state index contributed by atoms with van der Waals surface area (Å²) in [5.74, 6) is -1.21. The molecular formula is C19H22N2O4. The van der Waals surface area contributed by atoms with E-state index in [9.17, 15) is 9.59 Å². The summed E-state index contributed by atoms with van der Waals surface area (Å²) in [5, 5.41) is 9.12. The van der Waals surface area contributed by atoms with Gasteiger partial charge in [-0.3, -0.25) is 4.79 Å². The van der Waals surface area contributed by atoms with Gasteiger partial charge in [0, 0.05) is 19.3 Å². The first-order chi connectivity index (χ1) is 12.0. The van der Waals surface area contributed by atoms with Crippen LogP contribution < -0.4 is 10.5 Å². The number of rotatable bonds is 5. The third-order valence-electron chi connectivity index (χ3n) is 4.69. The van der Waals surface area contributed by atoms with Crippen molar-refractivity contribution in [3.05, 3.63) is 51.8 Å². The van der Waals surface area contributed by atoms with Crippen molar-refractivity contribution in [3.8, 4) is 11.3 Å². The number of methoxy groups -OCH3 is 1. The predicted octanol–water partition coefficient (Wildman–Crippen LogP) is 2.88.